The van der Waals surface area contributed by atoms with Crippen molar-refractivity contribution in [2.75, 3.05) is 18.4 Å². The molecule has 0 atom stereocenters. The predicted octanol–water partition coefficient (Wildman–Crippen LogP) is 3.43. The van der Waals surface area contributed by atoms with Gasteiger partial charge in [0.05, 0.1) is 0 Å². The third kappa shape index (κ3) is 4.44. The molecule has 128 valence electrons. The van der Waals surface area contributed by atoms with E-state index in [0.29, 0.717) is 16.8 Å². The summed E-state index contributed by atoms with van der Waals surface area (Å²) in [6, 6.07) is 7.34. The number of hydrogen-bond donors (Lipinski definition) is 2. The van der Waals surface area contributed by atoms with Crippen LogP contribution in [0.4, 0.5) is 9.93 Å². The number of phenols is 1. The maximum absolute atomic E-state index is 12.2. The molecular formula is C17H22N4O2S. The van der Waals surface area contributed by atoms with Gasteiger partial charge >= 0.3 is 6.03 Å². The third-order valence-electron chi connectivity index (χ3n) is 4.42. The van der Waals surface area contributed by atoms with E-state index in [0.717, 1.165) is 43.8 Å². The number of aromatic hydroxyl groups is 1. The molecule has 1 saturated heterocycles. The minimum Gasteiger partial charge on any atom is -0.508 e. The van der Waals surface area contributed by atoms with Crippen LogP contribution in [0.3, 0.4) is 0 Å². The van der Waals surface area contributed by atoms with Crippen LogP contribution in [0.15, 0.2) is 24.3 Å². The average molecular weight is 346 g/mol. The van der Waals surface area contributed by atoms with Crippen molar-refractivity contribution in [2.24, 2.45) is 5.92 Å². The molecule has 6 nitrogen and oxygen atoms in total. The summed E-state index contributed by atoms with van der Waals surface area (Å²) in [5.41, 5.74) is 1.25. The Labute approximate surface area is 145 Å². The number of phenolic OH excluding ortho intramolecular Hbond substituents is 1. The van der Waals surface area contributed by atoms with Crippen molar-refractivity contribution in [3.05, 3.63) is 34.8 Å². The van der Waals surface area contributed by atoms with Gasteiger partial charge in [0.1, 0.15) is 10.8 Å². The lowest BCUT2D eigenvalue weighted by molar-refractivity contribution is 0.180. The van der Waals surface area contributed by atoms with Crippen LogP contribution in [0.5, 0.6) is 5.75 Å². The van der Waals surface area contributed by atoms with E-state index in [1.807, 2.05) is 24.0 Å². The number of anilines is 1. The van der Waals surface area contributed by atoms with Crippen molar-refractivity contribution in [2.45, 2.75) is 32.6 Å². The van der Waals surface area contributed by atoms with Gasteiger partial charge in [0.2, 0.25) is 5.13 Å². The number of nitrogens with one attached hydrogen (secondary N) is 1. The lowest BCUT2D eigenvalue weighted by Crippen LogP contribution is -2.41. The van der Waals surface area contributed by atoms with Gasteiger partial charge in [-0.1, -0.05) is 23.5 Å². The molecule has 2 N–H and O–H groups in total. The molecule has 1 aromatic carbocycles. The Morgan fingerprint density at radius 2 is 2.00 bits per heavy atom. The summed E-state index contributed by atoms with van der Waals surface area (Å²) in [6.45, 7) is 3.43. The first-order valence-electron chi connectivity index (χ1n) is 8.24. The molecule has 0 spiro atoms. The van der Waals surface area contributed by atoms with Crippen molar-refractivity contribution >= 4 is 22.5 Å². The summed E-state index contributed by atoms with van der Waals surface area (Å²) in [4.78, 5) is 14.1. The number of amides is 2. The molecule has 2 amide bonds. The molecule has 2 aromatic rings. The van der Waals surface area contributed by atoms with E-state index in [1.54, 1.807) is 12.1 Å². The monoisotopic (exact) mass is 346 g/mol. The van der Waals surface area contributed by atoms with E-state index in [9.17, 15) is 9.90 Å². The van der Waals surface area contributed by atoms with Crippen molar-refractivity contribution in [3.8, 4) is 5.75 Å². The molecule has 0 unspecified atom stereocenters. The Bertz CT molecular complexity index is 678. The van der Waals surface area contributed by atoms with Gasteiger partial charge in [-0.25, -0.2) is 4.79 Å². The lowest BCUT2D eigenvalue weighted by Gasteiger charge is -2.31. The number of nitrogens with zero attached hydrogens (tertiary/aromatic N) is 3. The van der Waals surface area contributed by atoms with Gasteiger partial charge in [0.25, 0.3) is 0 Å². The number of carbonyl (C=O) groups is 1. The smallest absolute Gasteiger partial charge is 0.323 e. The lowest BCUT2D eigenvalue weighted by atomic mass is 9.90. The number of aromatic nitrogens is 2. The first kappa shape index (κ1) is 16.7. The molecule has 1 aliphatic rings. The molecule has 0 bridgehead atoms. The maximum Gasteiger partial charge on any atom is 0.323 e. The first-order valence-corrected chi connectivity index (χ1v) is 9.06. The fourth-order valence-corrected chi connectivity index (χ4v) is 3.56. The van der Waals surface area contributed by atoms with E-state index >= 15 is 0 Å². The van der Waals surface area contributed by atoms with Crippen molar-refractivity contribution in [3.63, 3.8) is 0 Å². The number of carbonyl (C=O) groups excluding carboxylic acids is 1. The Balaban J connectivity index is 1.42. The Kier molecular flexibility index (Phi) is 5.30. The number of urea groups is 1. The second-order valence-electron chi connectivity index (χ2n) is 6.19. The molecule has 0 saturated carbocycles. The largest absolute Gasteiger partial charge is 0.508 e. The van der Waals surface area contributed by atoms with Crippen molar-refractivity contribution in [1.29, 1.82) is 0 Å². The molecule has 24 heavy (non-hydrogen) atoms. The molecule has 1 aliphatic heterocycles. The summed E-state index contributed by atoms with van der Waals surface area (Å²) in [5, 5.41) is 21.4. The summed E-state index contributed by atoms with van der Waals surface area (Å²) in [6.07, 6.45) is 4.19. The zero-order chi connectivity index (χ0) is 16.9. The Morgan fingerprint density at radius 1 is 1.29 bits per heavy atom. The summed E-state index contributed by atoms with van der Waals surface area (Å²) < 4.78 is 0. The molecule has 0 radical (unpaired) electrons. The molecule has 0 aliphatic carbocycles. The van der Waals surface area contributed by atoms with Gasteiger partial charge in [0.15, 0.2) is 0 Å². The topological polar surface area (TPSA) is 78.4 Å². The van der Waals surface area contributed by atoms with Gasteiger partial charge in [-0.2, -0.15) is 0 Å². The van der Waals surface area contributed by atoms with E-state index in [2.05, 4.69) is 15.5 Å². The van der Waals surface area contributed by atoms with Gasteiger partial charge < -0.3 is 10.0 Å². The van der Waals surface area contributed by atoms with Crippen molar-refractivity contribution in [1.82, 2.24) is 15.1 Å². The average Bonchev–Trinajstić information content (AvgIpc) is 2.99. The summed E-state index contributed by atoms with van der Waals surface area (Å²) >= 11 is 1.39. The highest BCUT2D eigenvalue weighted by Crippen LogP contribution is 2.24. The summed E-state index contributed by atoms with van der Waals surface area (Å²) in [7, 11) is 0. The minimum atomic E-state index is -0.0804. The van der Waals surface area contributed by atoms with Crippen LogP contribution in [-0.2, 0) is 6.42 Å². The van der Waals surface area contributed by atoms with Gasteiger partial charge in [-0.05, 0) is 56.2 Å². The van der Waals surface area contributed by atoms with Crippen LogP contribution < -0.4 is 5.32 Å². The standard InChI is InChI=1S/C17H22N4O2S/c1-12-19-20-16(24-12)18-17(23)21-10-8-14(9-11-21)3-2-13-4-6-15(22)7-5-13/h4-7,14,22H,2-3,8-11H2,1H3,(H,18,20,23). The molecular weight excluding hydrogens is 324 g/mol. The fourth-order valence-electron chi connectivity index (χ4n) is 2.98. The molecule has 2 heterocycles. The van der Waals surface area contributed by atoms with Crippen LogP contribution in [0.1, 0.15) is 29.8 Å². The van der Waals surface area contributed by atoms with E-state index in [4.69, 9.17) is 0 Å². The number of likely N-dealkylation sites (tertiary alicyclic amines) is 1. The second kappa shape index (κ2) is 7.61. The normalized spacial score (nSPS) is 15.5. The molecule has 7 heteroatoms. The van der Waals surface area contributed by atoms with Crippen LogP contribution in [0, 0.1) is 12.8 Å². The highest BCUT2D eigenvalue weighted by Gasteiger charge is 2.23. The molecule has 3 rings (SSSR count). The zero-order valence-electron chi connectivity index (χ0n) is 13.7. The van der Waals surface area contributed by atoms with Crippen LogP contribution in [0.2, 0.25) is 0 Å². The fraction of sp³-hybridized carbons (Fsp3) is 0.471. The predicted molar refractivity (Wildman–Crippen MR) is 94.4 cm³/mol. The van der Waals surface area contributed by atoms with Gasteiger partial charge in [0, 0.05) is 13.1 Å². The van der Waals surface area contributed by atoms with Crippen molar-refractivity contribution < 1.29 is 9.90 Å². The zero-order valence-corrected chi connectivity index (χ0v) is 14.6. The SMILES string of the molecule is Cc1nnc(NC(=O)N2CCC(CCc3ccc(O)cc3)CC2)s1. The third-order valence-corrected chi connectivity index (χ3v) is 5.17. The van der Waals surface area contributed by atoms with E-state index in [-0.39, 0.29) is 6.03 Å². The first-order chi connectivity index (χ1) is 11.6. The summed E-state index contributed by atoms with van der Waals surface area (Å²) in [5.74, 6) is 0.954. The van der Waals surface area contributed by atoms with E-state index in [1.165, 1.54) is 16.9 Å². The van der Waals surface area contributed by atoms with Gasteiger partial charge in [-0.15, -0.1) is 10.2 Å². The van der Waals surface area contributed by atoms with Crippen LogP contribution in [0.25, 0.3) is 0 Å². The highest BCUT2D eigenvalue weighted by molar-refractivity contribution is 7.15. The molecule has 1 aromatic heterocycles. The number of hydrogen-bond acceptors (Lipinski definition) is 5. The Hall–Kier alpha value is -2.15. The van der Waals surface area contributed by atoms with Gasteiger partial charge in [-0.3, -0.25) is 5.32 Å². The number of aryl methyl sites for hydroxylation is 2. The van der Waals surface area contributed by atoms with Crippen LogP contribution >= 0.6 is 11.3 Å². The number of piperidine rings is 1. The Morgan fingerprint density at radius 3 is 2.62 bits per heavy atom. The van der Waals surface area contributed by atoms with Crippen LogP contribution in [-0.4, -0.2) is 39.3 Å². The molecule has 1 fully saturated rings. The highest BCUT2D eigenvalue weighted by atomic mass is 32.1. The number of rotatable bonds is 4. The minimum absolute atomic E-state index is 0.0804. The maximum atomic E-state index is 12.2. The second-order valence-corrected chi connectivity index (χ2v) is 7.37. The van der Waals surface area contributed by atoms with E-state index < -0.39 is 0 Å². The number of benzene rings is 1. The quantitative estimate of drug-likeness (QED) is 0.889.